The van der Waals surface area contributed by atoms with E-state index in [1.54, 1.807) is 48.0 Å². The summed E-state index contributed by atoms with van der Waals surface area (Å²) in [5, 5.41) is 11.4. The van der Waals surface area contributed by atoms with E-state index in [1.165, 1.54) is 0 Å². The van der Waals surface area contributed by atoms with E-state index >= 15 is 0 Å². The summed E-state index contributed by atoms with van der Waals surface area (Å²) in [5.41, 5.74) is 0.00193. The number of nitrogens with zero attached hydrogens (tertiary/aromatic N) is 2. The van der Waals surface area contributed by atoms with Gasteiger partial charge in [0.25, 0.3) is 0 Å². The minimum atomic E-state index is -0.804. The van der Waals surface area contributed by atoms with E-state index in [2.05, 4.69) is 21.3 Å². The molecule has 4 N–H and O–H groups in total. The van der Waals surface area contributed by atoms with E-state index in [0.717, 1.165) is 0 Å². The fourth-order valence-electron chi connectivity index (χ4n) is 4.97. The fourth-order valence-corrected chi connectivity index (χ4v) is 4.97. The molecule has 5 atom stereocenters. The van der Waals surface area contributed by atoms with Crippen LogP contribution in [0.15, 0.2) is 30.3 Å². The van der Waals surface area contributed by atoms with Crippen LogP contribution in [0.2, 0.25) is 0 Å². The SMILES string of the molecule is CN[C@@H](C)C(=O)NC(C(=O)N1CC[C@@H]2[C@H]1[C@@H](OC(=O)Nc1ccccc1)CN2C(=O)NC(C)C)C(C)(C)C. The van der Waals surface area contributed by atoms with E-state index in [-0.39, 0.29) is 36.5 Å². The van der Waals surface area contributed by atoms with Crippen molar-refractivity contribution >= 4 is 29.6 Å². The molecule has 38 heavy (non-hydrogen) atoms. The molecule has 1 aromatic carbocycles. The van der Waals surface area contributed by atoms with Crippen molar-refractivity contribution in [3.63, 3.8) is 0 Å². The van der Waals surface area contributed by atoms with Crippen LogP contribution in [-0.2, 0) is 14.3 Å². The number of likely N-dealkylation sites (N-methyl/N-ethyl adjacent to an activating group) is 1. The third-order valence-electron chi connectivity index (χ3n) is 7.04. The quantitative estimate of drug-likeness (QED) is 0.427. The van der Waals surface area contributed by atoms with E-state index in [1.807, 2.05) is 40.7 Å². The molecule has 11 nitrogen and oxygen atoms in total. The minimum Gasteiger partial charge on any atom is -0.442 e. The number of para-hydroxylation sites is 1. The summed E-state index contributed by atoms with van der Waals surface area (Å²) in [6.07, 6.45) is -0.852. The normalized spacial score (nSPS) is 22.5. The highest BCUT2D eigenvalue weighted by Crippen LogP contribution is 2.36. The second-order valence-corrected chi connectivity index (χ2v) is 11.4. The predicted molar refractivity (Wildman–Crippen MR) is 145 cm³/mol. The number of hydrogen-bond acceptors (Lipinski definition) is 6. The first-order chi connectivity index (χ1) is 17.8. The van der Waals surface area contributed by atoms with Gasteiger partial charge in [0, 0.05) is 18.3 Å². The summed E-state index contributed by atoms with van der Waals surface area (Å²) in [6.45, 7) is 11.7. The minimum absolute atomic E-state index is 0.0731. The Labute approximate surface area is 225 Å². The molecule has 0 bridgehead atoms. The molecule has 2 fully saturated rings. The smallest absolute Gasteiger partial charge is 0.412 e. The van der Waals surface area contributed by atoms with Gasteiger partial charge in [0.2, 0.25) is 11.8 Å². The zero-order valence-corrected chi connectivity index (χ0v) is 23.4. The van der Waals surface area contributed by atoms with Crippen molar-refractivity contribution in [3.05, 3.63) is 30.3 Å². The molecular weight excluding hydrogens is 488 g/mol. The topological polar surface area (TPSA) is 132 Å². The highest BCUT2D eigenvalue weighted by molar-refractivity contribution is 5.91. The number of carbonyl (C=O) groups is 4. The number of nitrogens with one attached hydrogen (secondary N) is 4. The highest BCUT2D eigenvalue weighted by Gasteiger charge is 2.55. The molecule has 0 spiro atoms. The standard InChI is InChI=1S/C27H42N6O5/c1-16(2)29-25(36)33-15-20(38-26(37)30-18-11-9-8-10-12-18)21-19(33)13-14-32(21)24(35)22(27(4,5)6)31-23(34)17(3)28-7/h8-12,16-17,19-22,28H,13-15H2,1-7H3,(H,29,36)(H,30,37)(H,31,34)/t17-,19+,20-,21-,22?/m0/s1. The number of ether oxygens (including phenoxy) is 1. The lowest BCUT2D eigenvalue weighted by Crippen LogP contribution is -2.59. The van der Waals surface area contributed by atoms with Gasteiger partial charge in [-0.05, 0) is 51.8 Å². The lowest BCUT2D eigenvalue weighted by molar-refractivity contribution is -0.141. The molecule has 0 aromatic heterocycles. The van der Waals surface area contributed by atoms with E-state index in [0.29, 0.717) is 18.7 Å². The number of benzene rings is 1. The Balaban J connectivity index is 1.86. The molecule has 11 heteroatoms. The van der Waals surface area contributed by atoms with Gasteiger partial charge in [-0.3, -0.25) is 14.9 Å². The van der Waals surface area contributed by atoms with Crippen molar-refractivity contribution in [2.24, 2.45) is 5.41 Å². The van der Waals surface area contributed by atoms with Crippen LogP contribution in [0.4, 0.5) is 15.3 Å². The number of likely N-dealkylation sites (tertiary alicyclic amines) is 2. The van der Waals surface area contributed by atoms with Crippen molar-refractivity contribution in [2.75, 3.05) is 25.5 Å². The molecule has 210 valence electrons. The van der Waals surface area contributed by atoms with Crippen LogP contribution in [0.1, 0.15) is 48.0 Å². The Hall–Kier alpha value is -3.34. The molecule has 2 saturated heterocycles. The number of amides is 5. The van der Waals surface area contributed by atoms with Crippen molar-refractivity contribution in [2.45, 2.75) is 84.3 Å². The first kappa shape index (κ1) is 29.2. The monoisotopic (exact) mass is 530 g/mol. The van der Waals surface area contributed by atoms with Gasteiger partial charge in [-0.25, -0.2) is 9.59 Å². The number of carbonyl (C=O) groups excluding carboxylic acids is 4. The summed E-state index contributed by atoms with van der Waals surface area (Å²) in [7, 11) is 1.68. The molecule has 0 aliphatic carbocycles. The molecule has 2 aliphatic heterocycles. The largest absolute Gasteiger partial charge is 0.442 e. The molecular formula is C27H42N6O5. The van der Waals surface area contributed by atoms with Crippen LogP contribution in [0.25, 0.3) is 0 Å². The number of rotatable bonds is 7. The Kier molecular flexibility index (Phi) is 9.24. The summed E-state index contributed by atoms with van der Waals surface area (Å²) in [4.78, 5) is 55.9. The average molecular weight is 531 g/mol. The summed E-state index contributed by atoms with van der Waals surface area (Å²) in [6, 6.07) is 6.46. The van der Waals surface area contributed by atoms with Gasteiger partial charge in [0.1, 0.15) is 12.1 Å². The zero-order chi connectivity index (χ0) is 28.2. The van der Waals surface area contributed by atoms with Gasteiger partial charge in [-0.2, -0.15) is 0 Å². The maximum Gasteiger partial charge on any atom is 0.412 e. The van der Waals surface area contributed by atoms with Gasteiger partial charge >= 0.3 is 12.1 Å². The van der Waals surface area contributed by atoms with Gasteiger partial charge in [-0.15, -0.1) is 0 Å². The maximum absolute atomic E-state index is 14.0. The highest BCUT2D eigenvalue weighted by atomic mass is 16.6. The number of urea groups is 1. The predicted octanol–water partition coefficient (Wildman–Crippen LogP) is 2.15. The van der Waals surface area contributed by atoms with Gasteiger partial charge in [0.15, 0.2) is 0 Å². The second-order valence-electron chi connectivity index (χ2n) is 11.4. The summed E-state index contributed by atoms with van der Waals surface area (Å²) < 4.78 is 5.83. The molecule has 5 amide bonds. The molecule has 0 radical (unpaired) electrons. The van der Waals surface area contributed by atoms with Gasteiger partial charge < -0.3 is 30.5 Å². The Bertz CT molecular complexity index is 1010. The number of hydrogen-bond donors (Lipinski definition) is 4. The van der Waals surface area contributed by atoms with E-state index in [4.69, 9.17) is 4.74 Å². The van der Waals surface area contributed by atoms with E-state index in [9.17, 15) is 19.2 Å². The summed E-state index contributed by atoms with van der Waals surface area (Å²) >= 11 is 0. The van der Waals surface area contributed by atoms with E-state index < -0.39 is 35.7 Å². The Morgan fingerprint density at radius 1 is 1.00 bits per heavy atom. The van der Waals surface area contributed by atoms with Crippen LogP contribution >= 0.6 is 0 Å². The van der Waals surface area contributed by atoms with Crippen LogP contribution < -0.4 is 21.3 Å². The average Bonchev–Trinajstić information content (AvgIpc) is 3.42. The molecule has 2 heterocycles. The lowest BCUT2D eigenvalue weighted by atomic mass is 9.85. The molecule has 1 aromatic rings. The molecule has 3 rings (SSSR count). The van der Waals surface area contributed by atoms with Crippen LogP contribution in [0, 0.1) is 5.41 Å². The first-order valence-electron chi connectivity index (χ1n) is 13.2. The van der Waals surface area contributed by atoms with Crippen LogP contribution in [0.5, 0.6) is 0 Å². The first-order valence-corrected chi connectivity index (χ1v) is 13.2. The molecule has 2 aliphatic rings. The Morgan fingerprint density at radius 2 is 1.66 bits per heavy atom. The number of anilines is 1. The van der Waals surface area contributed by atoms with Crippen LogP contribution in [-0.4, -0.2) is 90.2 Å². The second kappa shape index (κ2) is 12.0. The molecule has 1 unspecified atom stereocenters. The fraction of sp³-hybridized carbons (Fsp3) is 0.630. The third-order valence-corrected chi connectivity index (χ3v) is 7.04. The third kappa shape index (κ3) is 6.75. The maximum atomic E-state index is 14.0. The zero-order valence-electron chi connectivity index (χ0n) is 23.4. The number of fused-ring (bicyclic) bond motifs is 1. The van der Waals surface area contributed by atoms with Crippen molar-refractivity contribution < 1.29 is 23.9 Å². The molecule has 0 saturated carbocycles. The Morgan fingerprint density at radius 3 is 2.24 bits per heavy atom. The summed E-state index contributed by atoms with van der Waals surface area (Å²) in [5.74, 6) is -0.541. The van der Waals surface area contributed by atoms with Crippen molar-refractivity contribution in [3.8, 4) is 0 Å². The van der Waals surface area contributed by atoms with Gasteiger partial charge in [-0.1, -0.05) is 39.0 Å². The van der Waals surface area contributed by atoms with Gasteiger partial charge in [0.05, 0.1) is 24.7 Å². The van der Waals surface area contributed by atoms with Crippen LogP contribution in [0.3, 0.4) is 0 Å². The van der Waals surface area contributed by atoms with Crippen molar-refractivity contribution in [1.82, 2.24) is 25.8 Å². The lowest BCUT2D eigenvalue weighted by Gasteiger charge is -2.37. The van der Waals surface area contributed by atoms with Crippen molar-refractivity contribution in [1.29, 1.82) is 0 Å².